The molecule has 0 aromatic rings. The lowest BCUT2D eigenvalue weighted by molar-refractivity contribution is 0.00545. The van der Waals surface area contributed by atoms with E-state index >= 15 is 0 Å². The third-order valence-electron chi connectivity index (χ3n) is 4.97. The van der Waals surface area contributed by atoms with Crippen LogP contribution in [0.1, 0.15) is 59.3 Å². The second-order valence-corrected chi connectivity index (χ2v) is 9.27. The third kappa shape index (κ3) is 6.25. The zero-order chi connectivity index (χ0) is 19.2. The number of aliphatic imine (C=N–C) groups is 1. The Morgan fingerprint density at radius 3 is 2.42 bits per heavy atom. The smallest absolute Gasteiger partial charge is 0.410 e. The van der Waals surface area contributed by atoms with Crippen molar-refractivity contribution >= 4 is 23.8 Å². The molecule has 2 rings (SSSR count). The Morgan fingerprint density at radius 1 is 1.23 bits per heavy atom. The molecular weight excluding hydrogens is 348 g/mol. The molecule has 0 radical (unpaired) electrons. The number of carbonyl (C=O) groups is 1. The fourth-order valence-electron chi connectivity index (χ4n) is 3.87. The molecule has 0 aromatic heterocycles. The molecular formula is C19H36N4O2S. The molecule has 2 unspecified atom stereocenters. The Morgan fingerprint density at radius 2 is 1.88 bits per heavy atom. The molecule has 26 heavy (non-hydrogen) atoms. The number of nitrogens with one attached hydrogen (secondary N) is 2. The standard InChI is InChI=1S/C19H36N4O2S/c1-19(2,3)25-18(24)23-15-8-9-16(23)13-14(12-15)22-17(20-4)21-10-6-7-11-26-5/h14-16H,6-13H2,1-5H3,(H2,20,21,22). The van der Waals surface area contributed by atoms with Gasteiger partial charge in [-0.1, -0.05) is 0 Å². The number of thioether (sulfide) groups is 1. The molecule has 2 saturated heterocycles. The van der Waals surface area contributed by atoms with Gasteiger partial charge in [0.15, 0.2) is 5.96 Å². The minimum atomic E-state index is -0.437. The van der Waals surface area contributed by atoms with Gasteiger partial charge < -0.3 is 20.3 Å². The number of unbranched alkanes of at least 4 members (excludes halogenated alkanes) is 1. The maximum atomic E-state index is 12.5. The van der Waals surface area contributed by atoms with E-state index < -0.39 is 5.60 Å². The minimum absolute atomic E-state index is 0.153. The highest BCUT2D eigenvalue weighted by Crippen LogP contribution is 2.36. The highest BCUT2D eigenvalue weighted by molar-refractivity contribution is 7.98. The average Bonchev–Trinajstić information content (AvgIpc) is 2.83. The Kier molecular flexibility index (Phi) is 7.92. The number of nitrogens with zero attached hydrogens (tertiary/aromatic N) is 2. The van der Waals surface area contributed by atoms with Gasteiger partial charge >= 0.3 is 6.09 Å². The van der Waals surface area contributed by atoms with Crippen molar-refractivity contribution in [1.29, 1.82) is 0 Å². The van der Waals surface area contributed by atoms with Gasteiger partial charge in [0, 0.05) is 31.7 Å². The molecule has 0 aromatic carbocycles. The average molecular weight is 385 g/mol. The SMILES string of the molecule is CN=C(NCCCCSC)NC1CC2CCC(C1)N2C(=O)OC(C)(C)C. The Bertz CT molecular complexity index is 478. The molecule has 7 heteroatoms. The van der Waals surface area contributed by atoms with E-state index in [-0.39, 0.29) is 18.2 Å². The molecule has 2 fully saturated rings. The van der Waals surface area contributed by atoms with Crippen molar-refractivity contribution in [3.8, 4) is 0 Å². The van der Waals surface area contributed by atoms with Crippen LogP contribution in [0.25, 0.3) is 0 Å². The van der Waals surface area contributed by atoms with E-state index in [0.29, 0.717) is 6.04 Å². The number of hydrogen-bond donors (Lipinski definition) is 2. The largest absolute Gasteiger partial charge is 0.444 e. The zero-order valence-corrected chi connectivity index (χ0v) is 17.8. The highest BCUT2D eigenvalue weighted by Gasteiger charge is 2.44. The van der Waals surface area contributed by atoms with Crippen molar-refractivity contribution in [2.75, 3.05) is 25.6 Å². The van der Waals surface area contributed by atoms with E-state index in [1.807, 2.05) is 44.5 Å². The molecule has 2 aliphatic heterocycles. The van der Waals surface area contributed by atoms with Crippen LogP contribution in [0.3, 0.4) is 0 Å². The first-order valence-corrected chi connectivity index (χ1v) is 11.2. The number of guanidine groups is 1. The van der Waals surface area contributed by atoms with Crippen LogP contribution in [0.15, 0.2) is 4.99 Å². The molecule has 2 atom stereocenters. The summed E-state index contributed by atoms with van der Waals surface area (Å²) >= 11 is 1.89. The summed E-state index contributed by atoms with van der Waals surface area (Å²) in [6.07, 6.45) is 8.44. The van der Waals surface area contributed by atoms with Crippen molar-refractivity contribution in [1.82, 2.24) is 15.5 Å². The third-order valence-corrected chi connectivity index (χ3v) is 5.67. The maximum Gasteiger partial charge on any atom is 0.410 e. The number of hydrogen-bond acceptors (Lipinski definition) is 4. The Balaban J connectivity index is 1.81. The summed E-state index contributed by atoms with van der Waals surface area (Å²) in [5.41, 5.74) is -0.437. The van der Waals surface area contributed by atoms with E-state index in [9.17, 15) is 4.79 Å². The first kappa shape index (κ1) is 21.2. The van der Waals surface area contributed by atoms with Gasteiger partial charge in [0.25, 0.3) is 0 Å². The van der Waals surface area contributed by atoms with Gasteiger partial charge in [-0.25, -0.2) is 4.79 Å². The molecule has 0 spiro atoms. The fraction of sp³-hybridized carbons (Fsp3) is 0.895. The Labute approximate surface area is 162 Å². The normalized spacial score (nSPS) is 26.0. The van der Waals surface area contributed by atoms with E-state index in [1.165, 1.54) is 12.2 Å². The molecule has 2 bridgehead atoms. The monoisotopic (exact) mass is 384 g/mol. The molecule has 2 aliphatic rings. The van der Waals surface area contributed by atoms with Crippen LogP contribution < -0.4 is 10.6 Å². The van der Waals surface area contributed by atoms with Gasteiger partial charge in [-0.2, -0.15) is 11.8 Å². The zero-order valence-electron chi connectivity index (χ0n) is 17.0. The number of amides is 1. The molecule has 0 aliphatic carbocycles. The van der Waals surface area contributed by atoms with Crippen molar-refractivity contribution in [2.24, 2.45) is 4.99 Å². The van der Waals surface area contributed by atoms with Crippen LogP contribution in [0.5, 0.6) is 0 Å². The van der Waals surface area contributed by atoms with Crippen molar-refractivity contribution in [3.05, 3.63) is 0 Å². The van der Waals surface area contributed by atoms with E-state index in [4.69, 9.17) is 4.74 Å². The molecule has 0 saturated carbocycles. The lowest BCUT2D eigenvalue weighted by Crippen LogP contribution is -2.55. The molecule has 2 N–H and O–H groups in total. The maximum absolute atomic E-state index is 12.5. The van der Waals surface area contributed by atoms with Gasteiger partial charge in [-0.3, -0.25) is 4.99 Å². The van der Waals surface area contributed by atoms with Gasteiger partial charge in [-0.05, 0) is 71.3 Å². The quantitative estimate of drug-likeness (QED) is 0.418. The van der Waals surface area contributed by atoms with Crippen molar-refractivity contribution < 1.29 is 9.53 Å². The van der Waals surface area contributed by atoms with Gasteiger partial charge in [0.05, 0.1) is 0 Å². The number of ether oxygens (including phenoxy) is 1. The lowest BCUT2D eigenvalue weighted by Gasteiger charge is -2.40. The van der Waals surface area contributed by atoms with E-state index in [1.54, 1.807) is 0 Å². The summed E-state index contributed by atoms with van der Waals surface area (Å²) in [5.74, 6) is 2.09. The summed E-state index contributed by atoms with van der Waals surface area (Å²) in [7, 11) is 1.82. The number of piperidine rings is 1. The van der Waals surface area contributed by atoms with Crippen LogP contribution in [-0.2, 0) is 4.74 Å². The van der Waals surface area contributed by atoms with Gasteiger partial charge in [0.2, 0.25) is 0 Å². The number of carbonyl (C=O) groups excluding carboxylic acids is 1. The van der Waals surface area contributed by atoms with E-state index in [2.05, 4.69) is 21.9 Å². The summed E-state index contributed by atoms with van der Waals surface area (Å²) in [5, 5.41) is 6.98. The molecule has 6 nitrogen and oxygen atoms in total. The van der Waals surface area contributed by atoms with Crippen LogP contribution in [0, 0.1) is 0 Å². The first-order valence-electron chi connectivity index (χ1n) is 9.81. The second kappa shape index (κ2) is 9.72. The van der Waals surface area contributed by atoms with Crippen LogP contribution in [0.4, 0.5) is 4.79 Å². The Hall–Kier alpha value is -1.11. The number of fused-ring (bicyclic) bond motifs is 2. The lowest BCUT2D eigenvalue weighted by atomic mass is 9.98. The predicted molar refractivity (Wildman–Crippen MR) is 110 cm³/mol. The molecule has 150 valence electrons. The van der Waals surface area contributed by atoms with Crippen LogP contribution in [-0.4, -0.2) is 66.3 Å². The molecule has 1 amide bonds. The molecule has 2 heterocycles. The highest BCUT2D eigenvalue weighted by atomic mass is 32.2. The van der Waals surface area contributed by atoms with Crippen molar-refractivity contribution in [3.63, 3.8) is 0 Å². The fourth-order valence-corrected chi connectivity index (χ4v) is 4.37. The predicted octanol–water partition coefficient (Wildman–Crippen LogP) is 3.23. The van der Waals surface area contributed by atoms with E-state index in [0.717, 1.165) is 44.6 Å². The summed E-state index contributed by atoms with van der Waals surface area (Å²) in [6, 6.07) is 0.921. The topological polar surface area (TPSA) is 66.0 Å². The van der Waals surface area contributed by atoms with Gasteiger partial charge in [-0.15, -0.1) is 0 Å². The van der Waals surface area contributed by atoms with Crippen LogP contribution in [0.2, 0.25) is 0 Å². The number of rotatable bonds is 6. The van der Waals surface area contributed by atoms with Crippen molar-refractivity contribution in [2.45, 2.75) is 83.0 Å². The second-order valence-electron chi connectivity index (χ2n) is 8.28. The summed E-state index contributed by atoms with van der Waals surface area (Å²) in [4.78, 5) is 18.9. The van der Waals surface area contributed by atoms with Crippen LogP contribution >= 0.6 is 11.8 Å². The summed E-state index contributed by atoms with van der Waals surface area (Å²) < 4.78 is 5.61. The first-order chi connectivity index (χ1) is 12.3. The van der Waals surface area contributed by atoms with Gasteiger partial charge in [0.1, 0.15) is 5.60 Å². The summed E-state index contributed by atoms with van der Waals surface area (Å²) in [6.45, 7) is 6.73. The minimum Gasteiger partial charge on any atom is -0.444 e.